The standard InChI is InChI=1S/C13H15N3O3S2/c1-19-13-12(8-20-15-13)21(17,18)16-10-6-9-4-2-3-5-11(9)14-7-10/h6-8,16H,2-5H2,1H3. The van der Waals surface area contributed by atoms with Crippen LogP contribution in [0.2, 0.25) is 0 Å². The summed E-state index contributed by atoms with van der Waals surface area (Å²) in [6, 6.07) is 1.87. The maximum atomic E-state index is 12.4. The number of pyridine rings is 1. The summed E-state index contributed by atoms with van der Waals surface area (Å²) in [4.78, 5) is 4.40. The summed E-state index contributed by atoms with van der Waals surface area (Å²) < 4.78 is 36.1. The minimum Gasteiger partial charge on any atom is -0.479 e. The van der Waals surface area contributed by atoms with Crippen molar-refractivity contribution in [3.05, 3.63) is 28.9 Å². The third-order valence-corrected chi connectivity index (χ3v) is 5.55. The number of methoxy groups -OCH3 is 1. The molecule has 0 aromatic carbocycles. The van der Waals surface area contributed by atoms with E-state index in [1.54, 1.807) is 6.20 Å². The van der Waals surface area contributed by atoms with E-state index in [9.17, 15) is 8.42 Å². The van der Waals surface area contributed by atoms with E-state index in [0.717, 1.165) is 48.5 Å². The summed E-state index contributed by atoms with van der Waals surface area (Å²) in [7, 11) is -2.31. The number of nitrogens with zero attached hydrogens (tertiary/aromatic N) is 2. The number of aromatic nitrogens is 2. The van der Waals surface area contributed by atoms with Gasteiger partial charge in [-0.2, -0.15) is 4.37 Å². The van der Waals surface area contributed by atoms with Gasteiger partial charge >= 0.3 is 0 Å². The molecule has 0 radical (unpaired) electrons. The van der Waals surface area contributed by atoms with Gasteiger partial charge < -0.3 is 4.74 Å². The lowest BCUT2D eigenvalue weighted by Gasteiger charge is -2.16. The van der Waals surface area contributed by atoms with E-state index >= 15 is 0 Å². The molecule has 2 aromatic rings. The third kappa shape index (κ3) is 2.86. The topological polar surface area (TPSA) is 81.2 Å². The molecule has 6 nitrogen and oxygen atoms in total. The molecule has 2 heterocycles. The van der Waals surface area contributed by atoms with Crippen LogP contribution < -0.4 is 9.46 Å². The molecule has 0 spiro atoms. The lowest BCUT2D eigenvalue weighted by atomic mass is 9.96. The van der Waals surface area contributed by atoms with Crippen LogP contribution in [-0.4, -0.2) is 24.9 Å². The van der Waals surface area contributed by atoms with Crippen molar-refractivity contribution in [2.75, 3.05) is 11.8 Å². The van der Waals surface area contributed by atoms with Crippen LogP contribution in [0.3, 0.4) is 0 Å². The normalized spacial score (nSPS) is 14.5. The van der Waals surface area contributed by atoms with E-state index in [1.165, 1.54) is 12.5 Å². The second-order valence-corrected chi connectivity index (χ2v) is 7.11. The van der Waals surface area contributed by atoms with Crippen LogP contribution in [0, 0.1) is 0 Å². The summed E-state index contributed by atoms with van der Waals surface area (Å²) in [5.74, 6) is 0.110. The van der Waals surface area contributed by atoms with Gasteiger partial charge in [0.15, 0.2) is 4.90 Å². The van der Waals surface area contributed by atoms with Gasteiger partial charge in [0, 0.05) is 11.1 Å². The molecule has 8 heteroatoms. The Morgan fingerprint density at radius 3 is 2.95 bits per heavy atom. The van der Waals surface area contributed by atoms with Crippen molar-refractivity contribution in [1.29, 1.82) is 0 Å². The summed E-state index contributed by atoms with van der Waals surface area (Å²) in [6.07, 6.45) is 5.73. The van der Waals surface area contributed by atoms with Crippen molar-refractivity contribution in [2.45, 2.75) is 30.6 Å². The molecule has 112 valence electrons. The molecule has 3 rings (SSSR count). The summed E-state index contributed by atoms with van der Waals surface area (Å²) in [5.41, 5.74) is 2.67. The minimum atomic E-state index is -3.71. The fourth-order valence-electron chi connectivity index (χ4n) is 2.39. The van der Waals surface area contributed by atoms with Gasteiger partial charge in [-0.25, -0.2) is 8.42 Å². The van der Waals surface area contributed by atoms with Gasteiger partial charge in [-0.05, 0) is 48.8 Å². The van der Waals surface area contributed by atoms with E-state index in [0.29, 0.717) is 5.69 Å². The largest absolute Gasteiger partial charge is 0.479 e. The number of aryl methyl sites for hydroxylation is 2. The first-order valence-corrected chi connectivity index (χ1v) is 8.91. The van der Waals surface area contributed by atoms with Gasteiger partial charge in [-0.3, -0.25) is 9.71 Å². The number of anilines is 1. The fraction of sp³-hybridized carbons (Fsp3) is 0.385. The Hall–Kier alpha value is -1.67. The monoisotopic (exact) mass is 325 g/mol. The Morgan fingerprint density at radius 1 is 1.33 bits per heavy atom. The highest BCUT2D eigenvalue weighted by molar-refractivity contribution is 7.93. The molecular weight excluding hydrogens is 310 g/mol. The van der Waals surface area contributed by atoms with Gasteiger partial charge in [-0.15, -0.1) is 0 Å². The predicted molar refractivity (Wildman–Crippen MR) is 80.4 cm³/mol. The molecule has 0 saturated carbocycles. The van der Waals surface area contributed by atoms with Crippen molar-refractivity contribution >= 4 is 27.2 Å². The second kappa shape index (κ2) is 5.61. The zero-order valence-corrected chi connectivity index (χ0v) is 13.1. The van der Waals surface area contributed by atoms with Gasteiger partial charge in [-0.1, -0.05) is 0 Å². The number of hydrogen-bond acceptors (Lipinski definition) is 6. The van der Waals surface area contributed by atoms with Crippen LogP contribution in [0.25, 0.3) is 0 Å². The molecule has 1 aliphatic rings. The summed E-state index contributed by atoms with van der Waals surface area (Å²) in [5, 5.41) is 1.45. The van der Waals surface area contributed by atoms with Crippen LogP contribution >= 0.6 is 11.5 Å². The quantitative estimate of drug-likeness (QED) is 0.932. The van der Waals surface area contributed by atoms with Crippen LogP contribution in [0.5, 0.6) is 5.88 Å². The maximum absolute atomic E-state index is 12.4. The van der Waals surface area contributed by atoms with E-state index in [4.69, 9.17) is 4.74 Å². The number of hydrogen-bond donors (Lipinski definition) is 1. The number of sulfonamides is 1. The highest BCUT2D eigenvalue weighted by atomic mass is 32.2. The van der Waals surface area contributed by atoms with Gasteiger partial charge in [0.25, 0.3) is 10.0 Å². The Bertz CT molecular complexity index is 756. The molecule has 2 aromatic heterocycles. The number of fused-ring (bicyclic) bond motifs is 1. The number of rotatable bonds is 4. The molecule has 0 bridgehead atoms. The van der Waals surface area contributed by atoms with E-state index < -0.39 is 10.0 Å². The van der Waals surface area contributed by atoms with Gasteiger partial charge in [0.2, 0.25) is 5.88 Å². The molecule has 1 aliphatic carbocycles. The van der Waals surface area contributed by atoms with Crippen molar-refractivity contribution in [1.82, 2.24) is 9.36 Å². The van der Waals surface area contributed by atoms with Crippen LogP contribution in [-0.2, 0) is 22.9 Å². The Morgan fingerprint density at radius 2 is 2.14 bits per heavy atom. The summed E-state index contributed by atoms with van der Waals surface area (Å²) >= 11 is 1.04. The van der Waals surface area contributed by atoms with Crippen molar-refractivity contribution in [3.8, 4) is 5.88 Å². The Labute approximate surface area is 127 Å². The Balaban J connectivity index is 1.89. The first-order valence-electron chi connectivity index (χ1n) is 6.59. The van der Waals surface area contributed by atoms with Gasteiger partial charge in [0.1, 0.15) is 0 Å². The average molecular weight is 325 g/mol. The molecule has 0 unspecified atom stereocenters. The zero-order chi connectivity index (χ0) is 14.9. The second-order valence-electron chi connectivity index (χ2n) is 4.83. The van der Waals surface area contributed by atoms with Crippen LogP contribution in [0.15, 0.2) is 22.5 Å². The molecule has 0 fully saturated rings. The molecule has 0 aliphatic heterocycles. The SMILES string of the molecule is COc1nscc1S(=O)(=O)Nc1cnc2c(c1)CCCC2. The van der Waals surface area contributed by atoms with E-state index in [2.05, 4.69) is 14.1 Å². The smallest absolute Gasteiger partial charge is 0.268 e. The fourth-order valence-corrected chi connectivity index (χ4v) is 4.49. The minimum absolute atomic E-state index is 0.0488. The first-order chi connectivity index (χ1) is 10.1. The number of ether oxygens (including phenoxy) is 1. The van der Waals surface area contributed by atoms with Crippen LogP contribution in [0.1, 0.15) is 24.1 Å². The highest BCUT2D eigenvalue weighted by Crippen LogP contribution is 2.27. The van der Waals surface area contributed by atoms with Crippen molar-refractivity contribution in [2.24, 2.45) is 0 Å². The zero-order valence-electron chi connectivity index (χ0n) is 11.5. The Kier molecular flexibility index (Phi) is 3.81. The molecule has 1 N–H and O–H groups in total. The summed E-state index contributed by atoms with van der Waals surface area (Å²) in [6.45, 7) is 0. The lowest BCUT2D eigenvalue weighted by Crippen LogP contribution is -2.14. The van der Waals surface area contributed by atoms with Gasteiger partial charge in [0.05, 0.1) is 19.0 Å². The van der Waals surface area contributed by atoms with Crippen molar-refractivity contribution in [3.63, 3.8) is 0 Å². The molecule has 0 amide bonds. The molecule has 21 heavy (non-hydrogen) atoms. The molecular formula is C13H15N3O3S2. The molecule has 0 saturated heterocycles. The maximum Gasteiger partial charge on any atom is 0.268 e. The predicted octanol–water partition coefficient (Wildman–Crippen LogP) is 2.23. The first kappa shape index (κ1) is 14.3. The number of nitrogens with one attached hydrogen (secondary N) is 1. The highest BCUT2D eigenvalue weighted by Gasteiger charge is 2.23. The van der Waals surface area contributed by atoms with E-state index in [-0.39, 0.29) is 10.8 Å². The third-order valence-electron chi connectivity index (χ3n) is 3.41. The van der Waals surface area contributed by atoms with E-state index in [1.807, 2.05) is 6.07 Å². The molecule has 0 atom stereocenters. The van der Waals surface area contributed by atoms with Crippen molar-refractivity contribution < 1.29 is 13.2 Å². The average Bonchev–Trinajstić information content (AvgIpc) is 2.96. The lowest BCUT2D eigenvalue weighted by molar-refractivity contribution is 0.391. The van der Waals surface area contributed by atoms with Crippen LogP contribution in [0.4, 0.5) is 5.69 Å².